The molecule has 1 amide bonds. The number of carbonyl (C=O) groups is 1. The van der Waals surface area contributed by atoms with E-state index >= 15 is 0 Å². The fourth-order valence-electron chi connectivity index (χ4n) is 2.72. The molecule has 5 nitrogen and oxygen atoms in total. The van der Waals surface area contributed by atoms with Gasteiger partial charge in [0.2, 0.25) is 5.91 Å². The van der Waals surface area contributed by atoms with Gasteiger partial charge in [-0.3, -0.25) is 9.52 Å². The monoisotopic (exact) mass is 408 g/mol. The van der Waals surface area contributed by atoms with E-state index in [-0.39, 0.29) is 10.8 Å². The van der Waals surface area contributed by atoms with Gasteiger partial charge in [-0.2, -0.15) is 0 Å². The summed E-state index contributed by atoms with van der Waals surface area (Å²) in [5, 5.41) is 0. The number of nitrogens with zero attached hydrogens (tertiary/aromatic N) is 1. The minimum atomic E-state index is -3.64. The molecule has 1 aliphatic heterocycles. The quantitative estimate of drug-likeness (QED) is 0.847. The van der Waals surface area contributed by atoms with Crippen LogP contribution in [0.2, 0.25) is 0 Å². The summed E-state index contributed by atoms with van der Waals surface area (Å²) in [6.07, 6.45) is 0.786. The first-order chi connectivity index (χ1) is 11.3. The van der Waals surface area contributed by atoms with E-state index in [0.717, 1.165) is 22.0 Å². The first kappa shape index (κ1) is 17.0. The lowest BCUT2D eigenvalue weighted by Crippen LogP contribution is -2.34. The molecule has 0 fully saturated rings. The van der Waals surface area contributed by atoms with E-state index in [9.17, 15) is 13.2 Å². The Morgan fingerprint density at radius 2 is 1.83 bits per heavy atom. The molecule has 0 atom stereocenters. The SMILES string of the molecule is CC(=O)N1CCc2ccc(NS(=O)(=O)c3ccc(Br)cc3)cc2C1. The van der Waals surface area contributed by atoms with Crippen LogP contribution >= 0.6 is 15.9 Å². The number of halogens is 1. The van der Waals surface area contributed by atoms with Crippen LogP contribution in [0.4, 0.5) is 5.69 Å². The number of fused-ring (bicyclic) bond motifs is 1. The summed E-state index contributed by atoms with van der Waals surface area (Å²) in [4.78, 5) is 13.5. The van der Waals surface area contributed by atoms with Gasteiger partial charge < -0.3 is 4.90 Å². The molecule has 3 rings (SSSR count). The van der Waals surface area contributed by atoms with Gasteiger partial charge in [0.1, 0.15) is 0 Å². The van der Waals surface area contributed by atoms with Crippen LogP contribution in [0, 0.1) is 0 Å². The molecular formula is C17H17BrN2O3S. The van der Waals surface area contributed by atoms with Gasteiger partial charge in [-0.05, 0) is 53.9 Å². The number of hydrogen-bond donors (Lipinski definition) is 1. The lowest BCUT2D eigenvalue weighted by molar-refractivity contribution is -0.129. The number of carbonyl (C=O) groups excluding carboxylic acids is 1. The van der Waals surface area contributed by atoms with Crippen LogP contribution in [0.1, 0.15) is 18.1 Å². The maximum atomic E-state index is 12.5. The summed E-state index contributed by atoms with van der Waals surface area (Å²) in [7, 11) is -3.64. The Hall–Kier alpha value is -1.86. The number of benzene rings is 2. The largest absolute Gasteiger partial charge is 0.338 e. The molecule has 0 saturated heterocycles. The van der Waals surface area contributed by atoms with Crippen LogP contribution in [0.25, 0.3) is 0 Å². The van der Waals surface area contributed by atoms with E-state index in [2.05, 4.69) is 20.7 Å². The summed E-state index contributed by atoms with van der Waals surface area (Å²) < 4.78 is 28.3. The second kappa shape index (κ2) is 6.57. The zero-order valence-corrected chi connectivity index (χ0v) is 15.5. The van der Waals surface area contributed by atoms with E-state index in [0.29, 0.717) is 18.8 Å². The summed E-state index contributed by atoms with van der Waals surface area (Å²) in [5.41, 5.74) is 2.63. The topological polar surface area (TPSA) is 66.5 Å². The summed E-state index contributed by atoms with van der Waals surface area (Å²) in [6, 6.07) is 12.0. The molecule has 0 unspecified atom stereocenters. The molecule has 1 heterocycles. The first-order valence-corrected chi connectivity index (χ1v) is 9.78. The minimum Gasteiger partial charge on any atom is -0.338 e. The van der Waals surface area contributed by atoms with Crippen LogP contribution in [0.5, 0.6) is 0 Å². The highest BCUT2D eigenvalue weighted by atomic mass is 79.9. The second-order valence-corrected chi connectivity index (χ2v) is 8.33. The molecule has 0 saturated carbocycles. The molecule has 0 aromatic heterocycles. The average molecular weight is 409 g/mol. The Morgan fingerprint density at radius 1 is 1.12 bits per heavy atom. The maximum absolute atomic E-state index is 12.5. The summed E-state index contributed by atoms with van der Waals surface area (Å²) in [6.45, 7) is 2.76. The van der Waals surface area contributed by atoms with Crippen molar-refractivity contribution in [3.8, 4) is 0 Å². The third kappa shape index (κ3) is 3.62. The molecule has 7 heteroatoms. The van der Waals surface area contributed by atoms with Crippen LogP contribution in [-0.4, -0.2) is 25.8 Å². The van der Waals surface area contributed by atoms with Crippen LogP contribution in [0.3, 0.4) is 0 Å². The highest BCUT2D eigenvalue weighted by molar-refractivity contribution is 9.10. The van der Waals surface area contributed by atoms with E-state index in [1.54, 1.807) is 48.2 Å². The first-order valence-electron chi connectivity index (χ1n) is 7.51. The molecule has 0 radical (unpaired) electrons. The lowest BCUT2D eigenvalue weighted by atomic mass is 9.99. The smallest absolute Gasteiger partial charge is 0.261 e. The number of sulfonamides is 1. The molecule has 2 aromatic carbocycles. The van der Waals surface area contributed by atoms with E-state index < -0.39 is 10.0 Å². The second-order valence-electron chi connectivity index (χ2n) is 5.73. The highest BCUT2D eigenvalue weighted by Gasteiger charge is 2.20. The fourth-order valence-corrected chi connectivity index (χ4v) is 4.03. The van der Waals surface area contributed by atoms with Crippen molar-refractivity contribution in [1.82, 2.24) is 4.90 Å². The minimum absolute atomic E-state index is 0.0292. The Balaban J connectivity index is 1.85. The number of anilines is 1. The van der Waals surface area contributed by atoms with Crippen molar-refractivity contribution in [2.45, 2.75) is 24.8 Å². The highest BCUT2D eigenvalue weighted by Crippen LogP contribution is 2.25. The van der Waals surface area contributed by atoms with Crippen molar-refractivity contribution in [2.75, 3.05) is 11.3 Å². The predicted octanol–water partition coefficient (Wildman–Crippen LogP) is 3.15. The van der Waals surface area contributed by atoms with Gasteiger partial charge in [0.25, 0.3) is 10.0 Å². The molecule has 24 heavy (non-hydrogen) atoms. The average Bonchev–Trinajstić information content (AvgIpc) is 2.54. The van der Waals surface area contributed by atoms with Crippen molar-refractivity contribution < 1.29 is 13.2 Å². The zero-order chi connectivity index (χ0) is 17.3. The van der Waals surface area contributed by atoms with E-state index in [4.69, 9.17) is 0 Å². The maximum Gasteiger partial charge on any atom is 0.261 e. The zero-order valence-electron chi connectivity index (χ0n) is 13.1. The Labute approximate surface area is 149 Å². The van der Waals surface area contributed by atoms with Gasteiger partial charge in [-0.1, -0.05) is 22.0 Å². The van der Waals surface area contributed by atoms with Gasteiger partial charge in [-0.15, -0.1) is 0 Å². The van der Waals surface area contributed by atoms with Crippen LogP contribution in [0.15, 0.2) is 51.8 Å². The van der Waals surface area contributed by atoms with Crippen molar-refractivity contribution in [2.24, 2.45) is 0 Å². The Bertz CT molecular complexity index is 879. The molecule has 1 aliphatic rings. The van der Waals surface area contributed by atoms with Gasteiger partial charge in [-0.25, -0.2) is 8.42 Å². The molecule has 0 aliphatic carbocycles. The van der Waals surface area contributed by atoms with E-state index in [1.165, 1.54) is 0 Å². The molecule has 0 bridgehead atoms. The van der Waals surface area contributed by atoms with Crippen molar-refractivity contribution in [3.63, 3.8) is 0 Å². The number of hydrogen-bond acceptors (Lipinski definition) is 3. The van der Waals surface area contributed by atoms with E-state index in [1.807, 2.05) is 6.07 Å². The van der Waals surface area contributed by atoms with Crippen LogP contribution in [-0.2, 0) is 27.8 Å². The molecule has 0 spiro atoms. The van der Waals surface area contributed by atoms with Crippen molar-refractivity contribution in [1.29, 1.82) is 0 Å². The van der Waals surface area contributed by atoms with Crippen molar-refractivity contribution in [3.05, 3.63) is 58.1 Å². The number of rotatable bonds is 3. The number of nitrogens with one attached hydrogen (secondary N) is 1. The summed E-state index contributed by atoms with van der Waals surface area (Å²) in [5.74, 6) is 0.0292. The number of amides is 1. The molecule has 126 valence electrons. The molecule has 2 aromatic rings. The van der Waals surface area contributed by atoms with Gasteiger partial charge >= 0.3 is 0 Å². The summed E-state index contributed by atoms with van der Waals surface area (Å²) >= 11 is 3.29. The van der Waals surface area contributed by atoms with Crippen molar-refractivity contribution >= 4 is 37.5 Å². The Morgan fingerprint density at radius 3 is 2.50 bits per heavy atom. The van der Waals surface area contributed by atoms with Gasteiger partial charge in [0, 0.05) is 30.2 Å². The predicted molar refractivity (Wildman–Crippen MR) is 96.2 cm³/mol. The fraction of sp³-hybridized carbons (Fsp3) is 0.235. The normalized spacial score (nSPS) is 14.2. The molecular weight excluding hydrogens is 392 g/mol. The molecule has 1 N–H and O–H groups in total. The third-order valence-electron chi connectivity index (χ3n) is 4.04. The third-order valence-corrected chi connectivity index (χ3v) is 5.97. The lowest BCUT2D eigenvalue weighted by Gasteiger charge is -2.28. The van der Waals surface area contributed by atoms with Gasteiger partial charge in [0.15, 0.2) is 0 Å². The van der Waals surface area contributed by atoms with Crippen LogP contribution < -0.4 is 4.72 Å². The standard InChI is InChI=1S/C17H17BrN2O3S/c1-12(21)20-9-8-13-2-5-16(10-14(13)11-20)19-24(22,23)17-6-3-15(18)4-7-17/h2-7,10,19H,8-9,11H2,1H3. The Kier molecular flexibility index (Phi) is 4.64. The van der Waals surface area contributed by atoms with Gasteiger partial charge in [0.05, 0.1) is 4.90 Å².